The van der Waals surface area contributed by atoms with Crippen molar-refractivity contribution in [3.05, 3.63) is 68.0 Å². The zero-order valence-electron chi connectivity index (χ0n) is 13.2. The van der Waals surface area contributed by atoms with Gasteiger partial charge in [-0.3, -0.25) is 14.9 Å². The molecule has 1 N–H and O–H groups in total. The van der Waals surface area contributed by atoms with Crippen LogP contribution in [-0.2, 0) is 4.79 Å². The number of amides is 1. The summed E-state index contributed by atoms with van der Waals surface area (Å²) in [5.74, 6) is 0.163. The minimum absolute atomic E-state index is 0.0169. The predicted octanol–water partition coefficient (Wildman–Crippen LogP) is 4.10. The van der Waals surface area contributed by atoms with Gasteiger partial charge >= 0.3 is 5.00 Å². The molecule has 3 rings (SSSR count). The molecule has 1 aromatic heterocycles. The number of nitrogens with zero attached hydrogens (tertiary/aromatic N) is 2. The number of rotatable bonds is 6. The van der Waals surface area contributed by atoms with E-state index in [-0.39, 0.29) is 11.6 Å². The fourth-order valence-electron chi connectivity index (χ4n) is 2.21. The van der Waals surface area contributed by atoms with Gasteiger partial charge in [-0.25, -0.2) is 5.43 Å². The fraction of sp³-hybridized carbons (Fsp3) is 0.0588. The maximum Gasteiger partial charge on any atom is 0.324 e. The molecule has 0 bridgehead atoms. The van der Waals surface area contributed by atoms with Gasteiger partial charge in [0.2, 0.25) is 0 Å². The third-order valence-electron chi connectivity index (χ3n) is 3.36. The van der Waals surface area contributed by atoms with Crippen LogP contribution in [0.5, 0.6) is 5.75 Å². The molecule has 132 valence electrons. The highest BCUT2D eigenvalue weighted by Gasteiger charge is 2.09. The number of carbonyl (C=O) groups excluding carboxylic acids is 1. The predicted molar refractivity (Wildman–Crippen MR) is 104 cm³/mol. The summed E-state index contributed by atoms with van der Waals surface area (Å²) in [5, 5.41) is 16.3. The molecule has 0 radical (unpaired) electrons. The number of ether oxygens (including phenoxy) is 1. The largest absolute Gasteiger partial charge is 0.483 e. The number of nitrogens with one attached hydrogen (secondary N) is 1. The Hall–Kier alpha value is -2.78. The number of hydrazone groups is 1. The molecule has 0 aliphatic carbocycles. The summed E-state index contributed by atoms with van der Waals surface area (Å²) in [4.78, 5) is 22.6. The number of fused-ring (bicyclic) bond motifs is 1. The maximum atomic E-state index is 11.9. The molecule has 2 aromatic carbocycles. The number of hydrogen-bond acceptors (Lipinski definition) is 6. The molecule has 0 aliphatic heterocycles. The molecule has 0 atom stereocenters. The second-order valence-corrected chi connectivity index (χ2v) is 7.05. The van der Waals surface area contributed by atoms with Gasteiger partial charge in [-0.1, -0.05) is 51.5 Å². The molecule has 0 fully saturated rings. The topological polar surface area (TPSA) is 93.8 Å². The summed E-state index contributed by atoms with van der Waals surface area (Å²) < 4.78 is 6.52. The smallest absolute Gasteiger partial charge is 0.324 e. The molecule has 0 spiro atoms. The summed E-state index contributed by atoms with van der Waals surface area (Å²) >= 11 is 4.45. The summed E-state index contributed by atoms with van der Waals surface area (Å²) in [7, 11) is 0. The van der Waals surface area contributed by atoms with E-state index in [9.17, 15) is 14.9 Å². The molecule has 0 saturated heterocycles. The molecule has 9 heteroatoms. The van der Waals surface area contributed by atoms with Crippen LogP contribution in [0.4, 0.5) is 5.00 Å². The van der Waals surface area contributed by atoms with Gasteiger partial charge in [0.05, 0.1) is 16.0 Å². The second kappa shape index (κ2) is 8.07. The number of carbonyl (C=O) groups is 1. The van der Waals surface area contributed by atoms with Crippen molar-refractivity contribution in [2.75, 3.05) is 6.61 Å². The molecule has 0 unspecified atom stereocenters. The van der Waals surface area contributed by atoms with Crippen molar-refractivity contribution in [1.82, 2.24) is 5.43 Å². The van der Waals surface area contributed by atoms with Gasteiger partial charge in [-0.2, -0.15) is 5.10 Å². The van der Waals surface area contributed by atoms with Crippen LogP contribution in [-0.4, -0.2) is 23.7 Å². The van der Waals surface area contributed by atoms with E-state index in [0.717, 1.165) is 26.6 Å². The minimum Gasteiger partial charge on any atom is -0.483 e. The standard InChI is InChI=1S/C17H12BrN3O4S/c18-14-6-7-15(13-4-2-1-3-12(13)14)25-10-16(22)20-19-9-11-5-8-17(26-11)21(23)24/h1-9H,10H2,(H,20,22). The van der Waals surface area contributed by atoms with Gasteiger partial charge in [0, 0.05) is 15.9 Å². The highest BCUT2D eigenvalue weighted by atomic mass is 79.9. The molecular formula is C17H12BrN3O4S. The van der Waals surface area contributed by atoms with E-state index in [4.69, 9.17) is 4.74 Å². The van der Waals surface area contributed by atoms with Crippen LogP contribution in [0.25, 0.3) is 10.8 Å². The van der Waals surface area contributed by atoms with Gasteiger partial charge in [0.25, 0.3) is 5.91 Å². The average Bonchev–Trinajstić information content (AvgIpc) is 3.11. The molecule has 3 aromatic rings. The number of nitro groups is 1. The van der Waals surface area contributed by atoms with Gasteiger partial charge in [-0.05, 0) is 23.6 Å². The number of hydrogen-bond donors (Lipinski definition) is 1. The number of thiophene rings is 1. The van der Waals surface area contributed by atoms with Crippen molar-refractivity contribution in [2.24, 2.45) is 5.10 Å². The van der Waals surface area contributed by atoms with Crippen LogP contribution in [0.1, 0.15) is 4.88 Å². The average molecular weight is 434 g/mol. The third-order valence-corrected chi connectivity index (χ3v) is 5.03. The van der Waals surface area contributed by atoms with E-state index in [0.29, 0.717) is 10.6 Å². The van der Waals surface area contributed by atoms with E-state index < -0.39 is 10.8 Å². The van der Waals surface area contributed by atoms with Crippen LogP contribution in [0, 0.1) is 10.1 Å². The first-order valence-electron chi connectivity index (χ1n) is 7.41. The van der Waals surface area contributed by atoms with Crippen molar-refractivity contribution in [3.63, 3.8) is 0 Å². The van der Waals surface area contributed by atoms with E-state index in [2.05, 4.69) is 26.5 Å². The van der Waals surface area contributed by atoms with Crippen LogP contribution in [0.15, 0.2) is 58.1 Å². The Morgan fingerprint density at radius 1 is 1.23 bits per heavy atom. The van der Waals surface area contributed by atoms with Crippen molar-refractivity contribution >= 4 is 55.2 Å². The van der Waals surface area contributed by atoms with Crippen molar-refractivity contribution in [2.45, 2.75) is 0 Å². The zero-order valence-corrected chi connectivity index (χ0v) is 15.6. The van der Waals surface area contributed by atoms with Crippen LogP contribution in [0.3, 0.4) is 0 Å². The monoisotopic (exact) mass is 433 g/mol. The van der Waals surface area contributed by atoms with Crippen LogP contribution < -0.4 is 10.2 Å². The van der Waals surface area contributed by atoms with Crippen molar-refractivity contribution in [3.8, 4) is 5.75 Å². The second-order valence-electron chi connectivity index (χ2n) is 5.11. The summed E-state index contributed by atoms with van der Waals surface area (Å²) in [6.07, 6.45) is 1.35. The summed E-state index contributed by atoms with van der Waals surface area (Å²) in [5.41, 5.74) is 2.33. The lowest BCUT2D eigenvalue weighted by molar-refractivity contribution is -0.380. The lowest BCUT2D eigenvalue weighted by Gasteiger charge is -2.09. The summed E-state index contributed by atoms with van der Waals surface area (Å²) in [6.45, 7) is -0.201. The molecule has 7 nitrogen and oxygen atoms in total. The zero-order chi connectivity index (χ0) is 18.5. The first-order chi connectivity index (χ1) is 12.5. The van der Waals surface area contributed by atoms with Crippen molar-refractivity contribution in [1.29, 1.82) is 0 Å². The van der Waals surface area contributed by atoms with E-state index in [1.807, 2.05) is 30.3 Å². The van der Waals surface area contributed by atoms with E-state index >= 15 is 0 Å². The first kappa shape index (κ1) is 18.0. The van der Waals surface area contributed by atoms with Gasteiger partial charge in [-0.15, -0.1) is 0 Å². The maximum absolute atomic E-state index is 11.9. The number of halogens is 1. The number of benzene rings is 2. The molecule has 26 heavy (non-hydrogen) atoms. The quantitative estimate of drug-likeness (QED) is 0.359. The molecular weight excluding hydrogens is 422 g/mol. The fourth-order valence-corrected chi connectivity index (χ4v) is 3.39. The highest BCUT2D eigenvalue weighted by Crippen LogP contribution is 2.31. The SMILES string of the molecule is O=C(COc1ccc(Br)c2ccccc12)NN=Cc1ccc([N+](=O)[O-])s1. The highest BCUT2D eigenvalue weighted by molar-refractivity contribution is 9.10. The van der Waals surface area contributed by atoms with Gasteiger partial charge in [0.15, 0.2) is 6.61 Å². The Kier molecular flexibility index (Phi) is 5.59. The lowest BCUT2D eigenvalue weighted by atomic mass is 10.1. The Labute approximate surface area is 160 Å². The Morgan fingerprint density at radius 2 is 2.00 bits per heavy atom. The van der Waals surface area contributed by atoms with E-state index in [1.54, 1.807) is 12.1 Å². The van der Waals surface area contributed by atoms with Crippen LogP contribution in [0.2, 0.25) is 0 Å². The minimum atomic E-state index is -0.475. The Bertz CT molecular complexity index is 1000. The molecule has 1 heterocycles. The Balaban J connectivity index is 1.58. The normalized spacial score (nSPS) is 11.0. The Morgan fingerprint density at radius 3 is 2.73 bits per heavy atom. The summed E-state index contributed by atoms with van der Waals surface area (Å²) in [6, 6.07) is 14.3. The molecule has 0 saturated carbocycles. The first-order valence-corrected chi connectivity index (χ1v) is 9.02. The van der Waals surface area contributed by atoms with Crippen LogP contribution >= 0.6 is 27.3 Å². The molecule has 0 aliphatic rings. The third kappa shape index (κ3) is 4.24. The lowest BCUT2D eigenvalue weighted by Crippen LogP contribution is -2.24. The van der Waals surface area contributed by atoms with Crippen molar-refractivity contribution < 1.29 is 14.5 Å². The van der Waals surface area contributed by atoms with Gasteiger partial charge < -0.3 is 4.74 Å². The van der Waals surface area contributed by atoms with Gasteiger partial charge in [0.1, 0.15) is 5.75 Å². The molecule has 1 amide bonds. The van der Waals surface area contributed by atoms with E-state index in [1.165, 1.54) is 12.3 Å².